The van der Waals surface area contributed by atoms with Crippen LogP contribution in [0.15, 0.2) is 36.4 Å². The predicted molar refractivity (Wildman–Crippen MR) is 82.2 cm³/mol. The third kappa shape index (κ3) is 2.77. The second kappa shape index (κ2) is 5.60. The Morgan fingerprint density at radius 1 is 1.05 bits per heavy atom. The largest absolute Gasteiger partial charge is 0.489 e. The van der Waals surface area contributed by atoms with Gasteiger partial charge >= 0.3 is 0 Å². The Labute approximate surface area is 124 Å². The van der Waals surface area contributed by atoms with Gasteiger partial charge in [0.1, 0.15) is 6.29 Å². The molecule has 3 rings (SSSR count). The molecule has 21 heavy (non-hydrogen) atoms. The molecule has 1 atom stereocenters. The molecule has 2 aromatic rings. The fourth-order valence-corrected chi connectivity index (χ4v) is 2.50. The molecule has 2 aromatic carbocycles. The number of hydrogen-bond acceptors (Lipinski definition) is 3. The van der Waals surface area contributed by atoms with Crippen LogP contribution in [0.1, 0.15) is 22.8 Å². The Kier molecular flexibility index (Phi) is 3.65. The molecule has 0 bridgehead atoms. The van der Waals surface area contributed by atoms with Gasteiger partial charge in [0.15, 0.2) is 11.5 Å². The van der Waals surface area contributed by atoms with E-state index in [1.807, 2.05) is 43.3 Å². The highest BCUT2D eigenvalue weighted by Crippen LogP contribution is 2.35. The summed E-state index contributed by atoms with van der Waals surface area (Å²) in [7, 11) is 0. The lowest BCUT2D eigenvalue weighted by atomic mass is 9.98. The highest BCUT2D eigenvalue weighted by Gasteiger charge is 2.16. The standard InChI is InChI=1S/C18H18O3/c1-12-10-20-17-6-4-15(8-18(17)21-11-12)16-5-3-14(9-19)7-13(16)2/h3-9,12H,10-11H2,1-2H3. The fourth-order valence-electron chi connectivity index (χ4n) is 2.50. The minimum absolute atomic E-state index is 0.384. The first kappa shape index (κ1) is 13.7. The van der Waals surface area contributed by atoms with Crippen molar-refractivity contribution in [1.82, 2.24) is 0 Å². The molecule has 0 spiro atoms. The summed E-state index contributed by atoms with van der Waals surface area (Å²) in [5.74, 6) is 1.97. The molecule has 0 saturated carbocycles. The summed E-state index contributed by atoms with van der Waals surface area (Å²) in [5, 5.41) is 0. The Morgan fingerprint density at radius 2 is 1.81 bits per heavy atom. The van der Waals surface area contributed by atoms with Crippen molar-refractivity contribution >= 4 is 6.29 Å². The Bertz CT molecular complexity index is 676. The van der Waals surface area contributed by atoms with Crippen molar-refractivity contribution in [3.8, 4) is 22.6 Å². The van der Waals surface area contributed by atoms with Crippen molar-refractivity contribution in [2.75, 3.05) is 13.2 Å². The van der Waals surface area contributed by atoms with Gasteiger partial charge in [-0.15, -0.1) is 0 Å². The molecule has 1 aliphatic rings. The van der Waals surface area contributed by atoms with Crippen molar-refractivity contribution in [3.63, 3.8) is 0 Å². The minimum atomic E-state index is 0.384. The second-order valence-electron chi connectivity index (χ2n) is 5.58. The van der Waals surface area contributed by atoms with Gasteiger partial charge in [-0.3, -0.25) is 4.79 Å². The third-order valence-electron chi connectivity index (χ3n) is 3.69. The van der Waals surface area contributed by atoms with Gasteiger partial charge in [0.05, 0.1) is 13.2 Å². The van der Waals surface area contributed by atoms with Crippen LogP contribution < -0.4 is 9.47 Å². The number of carbonyl (C=O) groups is 1. The average molecular weight is 282 g/mol. The summed E-state index contributed by atoms with van der Waals surface area (Å²) in [5.41, 5.74) is 3.94. The fraction of sp³-hybridized carbons (Fsp3) is 0.278. The number of hydrogen-bond donors (Lipinski definition) is 0. The van der Waals surface area contributed by atoms with Crippen LogP contribution >= 0.6 is 0 Å². The van der Waals surface area contributed by atoms with Crippen molar-refractivity contribution in [1.29, 1.82) is 0 Å². The topological polar surface area (TPSA) is 35.5 Å². The van der Waals surface area contributed by atoms with Crippen LogP contribution in [-0.2, 0) is 0 Å². The van der Waals surface area contributed by atoms with Crippen molar-refractivity contribution in [2.24, 2.45) is 5.92 Å². The summed E-state index contributed by atoms with van der Waals surface area (Å²) < 4.78 is 11.6. The first-order valence-electron chi connectivity index (χ1n) is 7.13. The van der Waals surface area contributed by atoms with Gasteiger partial charge in [0, 0.05) is 11.5 Å². The van der Waals surface area contributed by atoms with E-state index in [2.05, 4.69) is 6.92 Å². The number of aldehydes is 1. The highest BCUT2D eigenvalue weighted by atomic mass is 16.5. The Morgan fingerprint density at radius 3 is 2.52 bits per heavy atom. The average Bonchev–Trinajstić information content (AvgIpc) is 2.69. The lowest BCUT2D eigenvalue weighted by Crippen LogP contribution is -2.12. The highest BCUT2D eigenvalue weighted by molar-refractivity contribution is 5.79. The van der Waals surface area contributed by atoms with Gasteiger partial charge in [-0.25, -0.2) is 0 Å². The minimum Gasteiger partial charge on any atom is -0.489 e. The van der Waals surface area contributed by atoms with Crippen LogP contribution in [0.25, 0.3) is 11.1 Å². The van der Waals surface area contributed by atoms with E-state index in [1.54, 1.807) is 0 Å². The SMILES string of the molecule is Cc1cc(C=O)ccc1-c1ccc2c(c1)OCC(C)CO2. The number of aryl methyl sites for hydroxylation is 1. The molecule has 0 fully saturated rings. The molecule has 0 amide bonds. The van der Waals surface area contributed by atoms with Gasteiger partial charge in [-0.1, -0.05) is 25.1 Å². The molecular formula is C18H18O3. The first-order valence-corrected chi connectivity index (χ1v) is 7.13. The smallest absolute Gasteiger partial charge is 0.161 e. The molecule has 0 aromatic heterocycles. The van der Waals surface area contributed by atoms with Crippen molar-refractivity contribution < 1.29 is 14.3 Å². The van der Waals surface area contributed by atoms with Gasteiger partial charge in [0.25, 0.3) is 0 Å². The van der Waals surface area contributed by atoms with Crippen LogP contribution in [0.3, 0.4) is 0 Å². The van der Waals surface area contributed by atoms with Crippen LogP contribution in [0.5, 0.6) is 11.5 Å². The molecule has 0 saturated heterocycles. The van der Waals surface area contributed by atoms with Gasteiger partial charge < -0.3 is 9.47 Å². The lowest BCUT2D eigenvalue weighted by molar-refractivity contribution is 0.112. The summed E-state index contributed by atoms with van der Waals surface area (Å²) in [6, 6.07) is 11.7. The monoisotopic (exact) mass is 282 g/mol. The maximum atomic E-state index is 10.8. The first-order chi connectivity index (χ1) is 10.2. The summed E-state index contributed by atoms with van der Waals surface area (Å²) in [4.78, 5) is 10.8. The number of carbonyl (C=O) groups excluding carboxylic acids is 1. The predicted octanol–water partition coefficient (Wildman–Crippen LogP) is 3.88. The molecule has 3 nitrogen and oxygen atoms in total. The zero-order valence-corrected chi connectivity index (χ0v) is 12.3. The van der Waals surface area contributed by atoms with Crippen LogP contribution in [0.2, 0.25) is 0 Å². The third-order valence-corrected chi connectivity index (χ3v) is 3.69. The molecule has 0 radical (unpaired) electrons. The van der Waals surface area contributed by atoms with E-state index >= 15 is 0 Å². The molecule has 1 unspecified atom stereocenters. The second-order valence-corrected chi connectivity index (χ2v) is 5.58. The summed E-state index contributed by atoms with van der Waals surface area (Å²) in [6.07, 6.45) is 0.867. The molecule has 3 heteroatoms. The van der Waals surface area contributed by atoms with E-state index in [4.69, 9.17) is 9.47 Å². The summed E-state index contributed by atoms with van der Waals surface area (Å²) in [6.45, 7) is 5.46. The van der Waals surface area contributed by atoms with Crippen LogP contribution in [0, 0.1) is 12.8 Å². The van der Waals surface area contributed by atoms with E-state index in [9.17, 15) is 4.79 Å². The lowest BCUT2D eigenvalue weighted by Gasteiger charge is -2.11. The quantitative estimate of drug-likeness (QED) is 0.784. The van der Waals surface area contributed by atoms with Crippen LogP contribution in [0.4, 0.5) is 0 Å². The van der Waals surface area contributed by atoms with Gasteiger partial charge in [-0.2, -0.15) is 0 Å². The number of ether oxygens (including phenoxy) is 2. The molecule has 1 heterocycles. The van der Waals surface area contributed by atoms with Gasteiger partial charge in [-0.05, 0) is 41.8 Å². The van der Waals surface area contributed by atoms with E-state index in [-0.39, 0.29) is 0 Å². The number of fused-ring (bicyclic) bond motifs is 1. The number of benzene rings is 2. The molecular weight excluding hydrogens is 264 g/mol. The van der Waals surface area contributed by atoms with Gasteiger partial charge in [0.2, 0.25) is 0 Å². The Balaban J connectivity index is 1.99. The zero-order valence-electron chi connectivity index (χ0n) is 12.3. The van der Waals surface area contributed by atoms with E-state index in [1.165, 1.54) is 0 Å². The summed E-state index contributed by atoms with van der Waals surface area (Å²) >= 11 is 0. The normalized spacial score (nSPS) is 17.1. The van der Waals surface area contributed by atoms with E-state index in [0.717, 1.165) is 34.5 Å². The molecule has 0 N–H and O–H groups in total. The number of rotatable bonds is 2. The zero-order chi connectivity index (χ0) is 14.8. The molecule has 0 aliphatic carbocycles. The van der Waals surface area contributed by atoms with E-state index < -0.39 is 0 Å². The molecule has 108 valence electrons. The van der Waals surface area contributed by atoms with Crippen molar-refractivity contribution in [3.05, 3.63) is 47.5 Å². The van der Waals surface area contributed by atoms with Crippen LogP contribution in [-0.4, -0.2) is 19.5 Å². The Hall–Kier alpha value is -2.29. The maximum absolute atomic E-state index is 10.8. The van der Waals surface area contributed by atoms with E-state index in [0.29, 0.717) is 24.7 Å². The molecule has 1 aliphatic heterocycles. The van der Waals surface area contributed by atoms with Crippen molar-refractivity contribution in [2.45, 2.75) is 13.8 Å². The maximum Gasteiger partial charge on any atom is 0.161 e.